The fraction of sp³-hybridized carbons (Fsp3) is 0.357. The molecule has 1 aliphatic heterocycles. The Kier molecular flexibility index (Phi) is 8.54. The molecule has 0 spiro atoms. The summed E-state index contributed by atoms with van der Waals surface area (Å²) in [5.41, 5.74) is 5.04. The van der Waals surface area contributed by atoms with Crippen molar-refractivity contribution in [1.82, 2.24) is 5.32 Å². The second-order valence-corrected chi connectivity index (χ2v) is 7.97. The van der Waals surface area contributed by atoms with E-state index in [0.29, 0.717) is 11.7 Å². The molecule has 3 heteroatoms. The van der Waals surface area contributed by atoms with E-state index in [1.165, 1.54) is 48.2 Å². The highest BCUT2D eigenvalue weighted by Crippen LogP contribution is 2.47. The van der Waals surface area contributed by atoms with Gasteiger partial charge in [-0.25, -0.2) is 0 Å². The molecule has 0 bridgehead atoms. The third-order valence-corrected chi connectivity index (χ3v) is 6.03. The number of hydrogen-bond donors (Lipinski definition) is 3. The molecule has 3 nitrogen and oxygen atoms in total. The summed E-state index contributed by atoms with van der Waals surface area (Å²) in [4.78, 5) is 0. The molecule has 3 N–H and O–H groups in total. The van der Waals surface area contributed by atoms with Crippen molar-refractivity contribution in [3.05, 3.63) is 95.1 Å². The van der Waals surface area contributed by atoms with Gasteiger partial charge in [0, 0.05) is 5.92 Å². The molecule has 1 aliphatic carbocycles. The molecule has 0 saturated carbocycles. The molecule has 2 aliphatic rings. The minimum Gasteiger partial charge on any atom is -0.508 e. The minimum atomic E-state index is 0.234. The smallest absolute Gasteiger partial charge is 0.115 e. The van der Waals surface area contributed by atoms with Crippen LogP contribution in [0.1, 0.15) is 67.2 Å². The van der Waals surface area contributed by atoms with Crippen molar-refractivity contribution in [3.63, 3.8) is 0 Å². The van der Waals surface area contributed by atoms with Crippen molar-refractivity contribution in [1.29, 1.82) is 0 Å². The maximum Gasteiger partial charge on any atom is 0.115 e. The van der Waals surface area contributed by atoms with Gasteiger partial charge in [0.15, 0.2) is 0 Å². The van der Waals surface area contributed by atoms with Crippen LogP contribution in [0.15, 0.2) is 72.8 Å². The van der Waals surface area contributed by atoms with Crippen molar-refractivity contribution in [2.75, 3.05) is 13.1 Å². The van der Waals surface area contributed by atoms with Crippen LogP contribution in [0.25, 0.3) is 0 Å². The summed E-state index contributed by atoms with van der Waals surface area (Å²) in [6.07, 6.45) is 4.80. The molecule has 5 rings (SSSR count). The summed E-state index contributed by atoms with van der Waals surface area (Å²) in [5.74, 6) is 1.25. The van der Waals surface area contributed by atoms with Crippen molar-refractivity contribution in [3.8, 4) is 11.5 Å². The van der Waals surface area contributed by atoms with E-state index < -0.39 is 0 Å². The Labute approximate surface area is 186 Å². The molecular formula is C28H35NO2. The summed E-state index contributed by atoms with van der Waals surface area (Å²) in [7, 11) is 0. The van der Waals surface area contributed by atoms with E-state index in [9.17, 15) is 10.2 Å². The Morgan fingerprint density at radius 2 is 1.39 bits per heavy atom. The molecule has 1 heterocycles. The highest BCUT2D eigenvalue weighted by molar-refractivity contribution is 5.48. The largest absolute Gasteiger partial charge is 0.508 e. The second kappa shape index (κ2) is 11.6. The monoisotopic (exact) mass is 417 g/mol. The number of fused-ring (bicyclic) bond motifs is 1. The Morgan fingerprint density at radius 1 is 0.742 bits per heavy atom. The lowest BCUT2D eigenvalue weighted by molar-refractivity contribution is 0.468. The van der Waals surface area contributed by atoms with Gasteiger partial charge < -0.3 is 15.5 Å². The third-order valence-electron chi connectivity index (χ3n) is 6.03. The van der Waals surface area contributed by atoms with E-state index in [1.807, 2.05) is 38.1 Å². The zero-order chi connectivity index (χ0) is 22.1. The Morgan fingerprint density at radius 3 is 2.00 bits per heavy atom. The number of aromatic hydroxyl groups is 2. The first-order valence-electron chi connectivity index (χ1n) is 11.6. The van der Waals surface area contributed by atoms with Crippen LogP contribution in [0.5, 0.6) is 11.5 Å². The lowest BCUT2D eigenvalue weighted by Crippen LogP contribution is -2.20. The van der Waals surface area contributed by atoms with Crippen LogP contribution in [-0.4, -0.2) is 23.3 Å². The topological polar surface area (TPSA) is 52.5 Å². The number of phenols is 2. The van der Waals surface area contributed by atoms with Crippen LogP contribution in [0, 0.1) is 0 Å². The predicted molar refractivity (Wildman–Crippen MR) is 129 cm³/mol. The van der Waals surface area contributed by atoms with Gasteiger partial charge in [0.2, 0.25) is 0 Å². The van der Waals surface area contributed by atoms with Gasteiger partial charge in [-0.15, -0.1) is 0 Å². The molecule has 0 radical (unpaired) electrons. The summed E-state index contributed by atoms with van der Waals surface area (Å²) in [6.45, 7) is 6.50. The van der Waals surface area contributed by atoms with Crippen LogP contribution in [0.3, 0.4) is 0 Å². The van der Waals surface area contributed by atoms with Gasteiger partial charge >= 0.3 is 0 Å². The van der Waals surface area contributed by atoms with Crippen LogP contribution >= 0.6 is 0 Å². The highest BCUT2D eigenvalue weighted by atomic mass is 16.3. The van der Waals surface area contributed by atoms with E-state index in [-0.39, 0.29) is 11.7 Å². The number of hydrogen-bond acceptors (Lipinski definition) is 3. The number of benzene rings is 3. The second-order valence-electron chi connectivity index (χ2n) is 7.97. The zero-order valence-electron chi connectivity index (χ0n) is 18.7. The lowest BCUT2D eigenvalue weighted by Gasteiger charge is -2.34. The number of phenolic OH excluding ortho intramolecular Hbond substituents is 2. The van der Waals surface area contributed by atoms with Crippen LogP contribution < -0.4 is 5.32 Å². The van der Waals surface area contributed by atoms with Crippen LogP contribution in [0.2, 0.25) is 0 Å². The van der Waals surface area contributed by atoms with Gasteiger partial charge in [0.05, 0.1) is 0 Å². The van der Waals surface area contributed by atoms with Crippen molar-refractivity contribution in [2.45, 2.75) is 51.4 Å². The highest BCUT2D eigenvalue weighted by Gasteiger charge is 2.32. The Balaban J connectivity index is 0.000000337. The lowest BCUT2D eigenvalue weighted by atomic mass is 9.69. The molecule has 1 saturated heterocycles. The SMILES string of the molecule is C1CCNC1.CC.Oc1ccc(C2c3ccc(O)cc3CCC2c2ccccc2)cc1. The van der Waals surface area contributed by atoms with Crippen molar-refractivity contribution < 1.29 is 10.2 Å². The first-order chi connectivity index (χ1) is 15.2. The van der Waals surface area contributed by atoms with Gasteiger partial charge in [-0.1, -0.05) is 62.4 Å². The number of rotatable bonds is 2. The van der Waals surface area contributed by atoms with Gasteiger partial charge in [0.25, 0.3) is 0 Å². The maximum absolute atomic E-state index is 9.83. The summed E-state index contributed by atoms with van der Waals surface area (Å²) in [6, 6.07) is 23.9. The van der Waals surface area contributed by atoms with E-state index in [1.54, 1.807) is 18.2 Å². The molecule has 2 atom stereocenters. The normalized spacial score (nSPS) is 19.3. The van der Waals surface area contributed by atoms with Gasteiger partial charge in [-0.2, -0.15) is 0 Å². The van der Waals surface area contributed by atoms with Gasteiger partial charge in [-0.3, -0.25) is 0 Å². The molecule has 0 amide bonds. The van der Waals surface area contributed by atoms with E-state index in [0.717, 1.165) is 12.8 Å². The fourth-order valence-electron chi connectivity index (χ4n) is 4.58. The number of aryl methyl sites for hydroxylation is 1. The number of nitrogens with one attached hydrogen (secondary N) is 1. The average molecular weight is 418 g/mol. The van der Waals surface area contributed by atoms with Gasteiger partial charge in [0.1, 0.15) is 11.5 Å². The fourth-order valence-corrected chi connectivity index (χ4v) is 4.58. The minimum absolute atomic E-state index is 0.234. The van der Waals surface area contributed by atoms with E-state index >= 15 is 0 Å². The molecule has 3 aromatic carbocycles. The molecular weight excluding hydrogens is 382 g/mol. The van der Waals surface area contributed by atoms with E-state index in [2.05, 4.69) is 35.6 Å². The Hall–Kier alpha value is -2.78. The summed E-state index contributed by atoms with van der Waals surface area (Å²) in [5, 5.41) is 22.7. The molecule has 164 valence electrons. The first kappa shape index (κ1) is 22.9. The van der Waals surface area contributed by atoms with E-state index in [4.69, 9.17) is 0 Å². The summed E-state index contributed by atoms with van der Waals surface area (Å²) < 4.78 is 0. The Bertz CT molecular complexity index is 910. The quantitative estimate of drug-likeness (QED) is 0.455. The van der Waals surface area contributed by atoms with Crippen LogP contribution in [-0.2, 0) is 6.42 Å². The zero-order valence-corrected chi connectivity index (χ0v) is 18.7. The average Bonchev–Trinajstić information content (AvgIpc) is 3.41. The van der Waals surface area contributed by atoms with Gasteiger partial charge in [-0.05, 0) is 91.2 Å². The third kappa shape index (κ3) is 5.89. The van der Waals surface area contributed by atoms with Crippen molar-refractivity contribution >= 4 is 0 Å². The first-order valence-corrected chi connectivity index (χ1v) is 11.6. The summed E-state index contributed by atoms with van der Waals surface area (Å²) >= 11 is 0. The molecule has 3 aromatic rings. The van der Waals surface area contributed by atoms with Crippen LogP contribution in [0.4, 0.5) is 0 Å². The molecule has 2 unspecified atom stereocenters. The van der Waals surface area contributed by atoms with Crippen molar-refractivity contribution in [2.24, 2.45) is 0 Å². The molecule has 0 aromatic heterocycles. The maximum atomic E-state index is 9.83. The molecule has 1 fully saturated rings. The standard InChI is InChI=1S/C22H20O2.C4H9N.C2H6/c23-18-9-6-16(7-10-18)22-20(15-4-2-1-3-5-15)12-8-17-14-19(24)11-13-21(17)22;1-2-4-5-3-1;1-2/h1-7,9-11,13-14,20,22-24H,8,12H2;5H,1-4H2;1-2H3. The molecule has 31 heavy (non-hydrogen) atoms. The predicted octanol–water partition coefficient (Wildman–Crippen LogP) is 6.36.